The Morgan fingerprint density at radius 1 is 1.50 bits per heavy atom. The van der Waals surface area contributed by atoms with Gasteiger partial charge in [0.15, 0.2) is 0 Å². The van der Waals surface area contributed by atoms with E-state index < -0.39 is 0 Å². The Morgan fingerprint density at radius 3 is 2.83 bits per heavy atom. The third kappa shape index (κ3) is 5.83. The lowest BCUT2D eigenvalue weighted by molar-refractivity contribution is -0.143. The van der Waals surface area contributed by atoms with Gasteiger partial charge in [-0.3, -0.25) is 4.79 Å². The van der Waals surface area contributed by atoms with Gasteiger partial charge in [-0.05, 0) is 44.6 Å². The fourth-order valence-corrected chi connectivity index (χ4v) is 2.35. The molecule has 1 saturated heterocycles. The lowest BCUT2D eigenvalue weighted by Gasteiger charge is -2.18. The van der Waals surface area contributed by atoms with Crippen molar-refractivity contribution in [2.24, 2.45) is 5.92 Å². The van der Waals surface area contributed by atoms with Gasteiger partial charge in [0.25, 0.3) is 0 Å². The Bertz CT molecular complexity index is 237. The molecule has 1 N–H and O–H groups in total. The van der Waals surface area contributed by atoms with E-state index in [9.17, 15) is 4.79 Å². The van der Waals surface area contributed by atoms with E-state index in [1.807, 2.05) is 0 Å². The molecule has 2 atom stereocenters. The predicted octanol–water partition coefficient (Wildman–Crippen LogP) is 2.12. The summed E-state index contributed by atoms with van der Waals surface area (Å²) in [5.74, 6) is 0.334. The Balaban J connectivity index is 2.17. The normalized spacial score (nSPS) is 21.2. The molecule has 2 unspecified atom stereocenters. The molecular formula is C14H27NO3. The second kappa shape index (κ2) is 8.48. The maximum atomic E-state index is 11.6. The van der Waals surface area contributed by atoms with Crippen LogP contribution in [0.2, 0.25) is 0 Å². The highest BCUT2D eigenvalue weighted by Crippen LogP contribution is 2.16. The van der Waals surface area contributed by atoms with Gasteiger partial charge in [0.05, 0.1) is 13.2 Å². The fourth-order valence-electron chi connectivity index (χ4n) is 2.35. The number of hydrogen-bond donors (Lipinski definition) is 1. The van der Waals surface area contributed by atoms with Gasteiger partial charge in [-0.15, -0.1) is 0 Å². The summed E-state index contributed by atoms with van der Waals surface area (Å²) >= 11 is 0. The number of carbonyl (C=O) groups is 1. The topological polar surface area (TPSA) is 47.6 Å². The molecule has 0 bridgehead atoms. The smallest absolute Gasteiger partial charge is 0.322 e. The lowest BCUT2D eigenvalue weighted by Crippen LogP contribution is -2.39. The molecule has 4 heteroatoms. The van der Waals surface area contributed by atoms with Crippen molar-refractivity contribution in [2.45, 2.75) is 58.1 Å². The monoisotopic (exact) mass is 257 g/mol. The lowest BCUT2D eigenvalue weighted by atomic mass is 10.0. The van der Waals surface area contributed by atoms with Crippen LogP contribution in [0.4, 0.5) is 0 Å². The van der Waals surface area contributed by atoms with Gasteiger partial charge in [-0.1, -0.05) is 13.8 Å². The maximum Gasteiger partial charge on any atom is 0.322 e. The van der Waals surface area contributed by atoms with Crippen LogP contribution in [-0.4, -0.2) is 38.4 Å². The summed E-state index contributed by atoms with van der Waals surface area (Å²) in [6.45, 7) is 6.00. The van der Waals surface area contributed by atoms with Crippen LogP contribution in [0.3, 0.4) is 0 Å². The molecular weight excluding hydrogens is 230 g/mol. The van der Waals surface area contributed by atoms with Gasteiger partial charge >= 0.3 is 5.97 Å². The van der Waals surface area contributed by atoms with E-state index in [1.165, 1.54) is 20.0 Å². The summed E-state index contributed by atoms with van der Waals surface area (Å²) in [6, 6.07) is -0.167. The third-order valence-electron chi connectivity index (χ3n) is 3.31. The Labute approximate surface area is 110 Å². The second-order valence-electron chi connectivity index (χ2n) is 5.44. The highest BCUT2D eigenvalue weighted by atomic mass is 16.5. The molecule has 1 fully saturated rings. The van der Waals surface area contributed by atoms with Crippen molar-refractivity contribution in [3.05, 3.63) is 0 Å². The molecule has 4 nitrogen and oxygen atoms in total. The molecule has 0 aliphatic carbocycles. The number of carbonyl (C=O) groups excluding carboxylic acids is 1. The highest BCUT2D eigenvalue weighted by molar-refractivity contribution is 5.75. The van der Waals surface area contributed by atoms with Gasteiger partial charge in [0, 0.05) is 6.61 Å². The highest BCUT2D eigenvalue weighted by Gasteiger charge is 2.20. The molecule has 18 heavy (non-hydrogen) atoms. The van der Waals surface area contributed by atoms with E-state index in [1.54, 1.807) is 0 Å². The van der Waals surface area contributed by atoms with Crippen LogP contribution in [0, 0.1) is 5.92 Å². The molecule has 0 aromatic rings. The van der Waals surface area contributed by atoms with E-state index in [0.29, 0.717) is 12.0 Å². The first-order valence-corrected chi connectivity index (χ1v) is 7.06. The first-order chi connectivity index (χ1) is 8.63. The number of rotatable bonds is 8. The molecule has 0 amide bonds. The van der Waals surface area contributed by atoms with E-state index in [-0.39, 0.29) is 12.0 Å². The van der Waals surface area contributed by atoms with Crippen LogP contribution in [0.15, 0.2) is 0 Å². The molecule has 1 aliphatic rings. The van der Waals surface area contributed by atoms with E-state index in [4.69, 9.17) is 9.47 Å². The molecule has 106 valence electrons. The molecule has 0 aromatic heterocycles. The van der Waals surface area contributed by atoms with Crippen molar-refractivity contribution in [3.63, 3.8) is 0 Å². The van der Waals surface area contributed by atoms with Crippen molar-refractivity contribution < 1.29 is 14.3 Å². The summed E-state index contributed by atoms with van der Waals surface area (Å²) in [5, 5.41) is 3.30. The third-order valence-corrected chi connectivity index (χ3v) is 3.31. The number of methoxy groups -OCH3 is 1. The SMILES string of the molecule is COC(=O)C(CC(C)C)NCCCC1CCCO1. The number of nitrogens with one attached hydrogen (secondary N) is 1. The minimum Gasteiger partial charge on any atom is -0.468 e. The Morgan fingerprint density at radius 2 is 2.28 bits per heavy atom. The minimum absolute atomic E-state index is 0.152. The first-order valence-electron chi connectivity index (χ1n) is 7.06. The van der Waals surface area contributed by atoms with Crippen LogP contribution >= 0.6 is 0 Å². The Hall–Kier alpha value is -0.610. The van der Waals surface area contributed by atoms with Crippen molar-refractivity contribution in [2.75, 3.05) is 20.3 Å². The van der Waals surface area contributed by atoms with Crippen molar-refractivity contribution >= 4 is 5.97 Å². The summed E-state index contributed by atoms with van der Waals surface area (Å²) < 4.78 is 10.4. The van der Waals surface area contributed by atoms with Crippen LogP contribution in [0.25, 0.3) is 0 Å². The van der Waals surface area contributed by atoms with Gasteiger partial charge < -0.3 is 14.8 Å². The quantitative estimate of drug-likeness (QED) is 0.534. The van der Waals surface area contributed by atoms with Crippen LogP contribution in [0.1, 0.15) is 46.0 Å². The molecule has 1 aliphatic heterocycles. The molecule has 0 spiro atoms. The van der Waals surface area contributed by atoms with E-state index in [0.717, 1.165) is 32.4 Å². The first kappa shape index (κ1) is 15.4. The van der Waals surface area contributed by atoms with E-state index in [2.05, 4.69) is 19.2 Å². The van der Waals surface area contributed by atoms with Gasteiger partial charge in [0.2, 0.25) is 0 Å². The number of ether oxygens (including phenoxy) is 2. The van der Waals surface area contributed by atoms with Crippen LogP contribution in [-0.2, 0) is 14.3 Å². The average molecular weight is 257 g/mol. The fraction of sp³-hybridized carbons (Fsp3) is 0.929. The van der Waals surface area contributed by atoms with Crippen molar-refractivity contribution in [1.29, 1.82) is 0 Å². The summed E-state index contributed by atoms with van der Waals surface area (Å²) in [7, 11) is 1.45. The number of esters is 1. The maximum absolute atomic E-state index is 11.6. The van der Waals surface area contributed by atoms with Crippen LogP contribution < -0.4 is 5.32 Å². The van der Waals surface area contributed by atoms with Gasteiger partial charge in [0.1, 0.15) is 6.04 Å². The number of hydrogen-bond acceptors (Lipinski definition) is 4. The molecule has 1 rings (SSSR count). The largest absolute Gasteiger partial charge is 0.468 e. The van der Waals surface area contributed by atoms with Gasteiger partial charge in [-0.25, -0.2) is 0 Å². The standard InChI is InChI=1S/C14H27NO3/c1-11(2)10-13(14(16)17-3)15-8-4-6-12-7-5-9-18-12/h11-13,15H,4-10H2,1-3H3. The zero-order valence-electron chi connectivity index (χ0n) is 11.9. The minimum atomic E-state index is -0.167. The Kier molecular flexibility index (Phi) is 7.28. The predicted molar refractivity (Wildman–Crippen MR) is 71.5 cm³/mol. The average Bonchev–Trinajstić information content (AvgIpc) is 2.84. The molecule has 1 heterocycles. The van der Waals surface area contributed by atoms with Crippen LogP contribution in [0.5, 0.6) is 0 Å². The van der Waals surface area contributed by atoms with Crippen molar-refractivity contribution in [3.8, 4) is 0 Å². The summed E-state index contributed by atoms with van der Waals surface area (Å²) in [4.78, 5) is 11.6. The second-order valence-corrected chi connectivity index (χ2v) is 5.44. The summed E-state index contributed by atoms with van der Waals surface area (Å²) in [5.41, 5.74) is 0. The molecule has 0 saturated carbocycles. The molecule has 0 radical (unpaired) electrons. The van der Waals surface area contributed by atoms with Crippen molar-refractivity contribution in [1.82, 2.24) is 5.32 Å². The van der Waals surface area contributed by atoms with E-state index >= 15 is 0 Å². The molecule has 0 aromatic carbocycles. The summed E-state index contributed by atoms with van der Waals surface area (Å²) in [6.07, 6.45) is 5.78. The van der Waals surface area contributed by atoms with Gasteiger partial charge in [-0.2, -0.15) is 0 Å². The zero-order chi connectivity index (χ0) is 13.4. The zero-order valence-corrected chi connectivity index (χ0v) is 11.9.